The molecule has 3 rings (SSSR count). The van der Waals surface area contributed by atoms with Gasteiger partial charge in [0.05, 0.1) is 21.5 Å². The van der Waals surface area contributed by atoms with Crippen molar-refractivity contribution in [2.45, 2.75) is 0 Å². The van der Waals surface area contributed by atoms with Crippen LogP contribution in [0.25, 0.3) is 23.1 Å². The fourth-order valence-corrected chi connectivity index (χ4v) is 2.22. The van der Waals surface area contributed by atoms with Gasteiger partial charge in [0.15, 0.2) is 0 Å². The van der Waals surface area contributed by atoms with E-state index in [-0.39, 0.29) is 11.4 Å². The summed E-state index contributed by atoms with van der Waals surface area (Å²) in [5, 5.41) is 20.9. The van der Waals surface area contributed by atoms with Gasteiger partial charge < -0.3 is 5.11 Å². The van der Waals surface area contributed by atoms with Crippen molar-refractivity contribution >= 4 is 28.7 Å². The smallest absolute Gasteiger partial charge is 0.278 e. The summed E-state index contributed by atoms with van der Waals surface area (Å²) in [6.07, 6.45) is 3.62. The lowest BCUT2D eigenvalue weighted by Gasteiger charge is -2.00. The molecule has 5 nitrogen and oxygen atoms in total. The van der Waals surface area contributed by atoms with Crippen LogP contribution < -0.4 is 0 Å². The van der Waals surface area contributed by atoms with Gasteiger partial charge in [-0.25, -0.2) is 4.98 Å². The first-order valence-corrected chi connectivity index (χ1v) is 6.65. The lowest BCUT2D eigenvalue weighted by Crippen LogP contribution is -1.91. The third-order valence-corrected chi connectivity index (χ3v) is 3.24. The van der Waals surface area contributed by atoms with Crippen LogP contribution in [0.15, 0.2) is 54.6 Å². The van der Waals surface area contributed by atoms with E-state index in [1.807, 2.05) is 12.1 Å². The number of rotatable bonds is 3. The van der Waals surface area contributed by atoms with Crippen molar-refractivity contribution in [3.05, 3.63) is 76.0 Å². The maximum absolute atomic E-state index is 11.0. The third-order valence-electron chi connectivity index (χ3n) is 3.24. The zero-order chi connectivity index (χ0) is 15.5. The molecule has 22 heavy (non-hydrogen) atoms. The zero-order valence-electron chi connectivity index (χ0n) is 11.5. The number of non-ortho nitro benzene ring substituents is 1. The van der Waals surface area contributed by atoms with Crippen molar-refractivity contribution in [2.24, 2.45) is 0 Å². The summed E-state index contributed by atoms with van der Waals surface area (Å²) in [5.41, 5.74) is 2.16. The van der Waals surface area contributed by atoms with Gasteiger partial charge in [-0.2, -0.15) is 0 Å². The molecule has 5 heteroatoms. The monoisotopic (exact) mass is 292 g/mol. The van der Waals surface area contributed by atoms with Crippen molar-refractivity contribution in [3.63, 3.8) is 0 Å². The van der Waals surface area contributed by atoms with Gasteiger partial charge >= 0.3 is 0 Å². The molecule has 3 aromatic rings. The van der Waals surface area contributed by atoms with E-state index in [0.29, 0.717) is 16.6 Å². The predicted molar refractivity (Wildman–Crippen MR) is 85.4 cm³/mol. The van der Waals surface area contributed by atoms with E-state index in [1.165, 1.54) is 6.07 Å². The number of phenols is 1. The molecule has 0 spiro atoms. The third kappa shape index (κ3) is 2.78. The molecule has 1 heterocycles. The number of fused-ring (bicyclic) bond motifs is 1. The minimum Gasteiger partial charge on any atom is -0.508 e. The second kappa shape index (κ2) is 5.65. The topological polar surface area (TPSA) is 76.3 Å². The van der Waals surface area contributed by atoms with Crippen LogP contribution in [0.5, 0.6) is 5.75 Å². The Kier molecular flexibility index (Phi) is 3.53. The number of phenolic OH excluding ortho intramolecular Hbond substituents is 1. The van der Waals surface area contributed by atoms with E-state index in [9.17, 15) is 15.2 Å². The molecular weight excluding hydrogens is 280 g/mol. The average Bonchev–Trinajstić information content (AvgIpc) is 2.52. The minimum atomic E-state index is -0.410. The van der Waals surface area contributed by atoms with Crippen LogP contribution in [0.2, 0.25) is 0 Å². The molecule has 0 unspecified atom stereocenters. The van der Waals surface area contributed by atoms with Gasteiger partial charge in [-0.15, -0.1) is 0 Å². The summed E-state index contributed by atoms with van der Waals surface area (Å²) >= 11 is 0. The van der Waals surface area contributed by atoms with Gasteiger partial charge in [-0.3, -0.25) is 10.1 Å². The van der Waals surface area contributed by atoms with Crippen LogP contribution in [0.3, 0.4) is 0 Å². The summed E-state index contributed by atoms with van der Waals surface area (Å²) in [6.45, 7) is 0. The maximum atomic E-state index is 11.0. The molecule has 0 saturated heterocycles. The SMILES string of the molecule is O=[N+]([O-])c1cccc2nc(/C=C/c3cccc(O)c3)ccc12. The van der Waals surface area contributed by atoms with Gasteiger partial charge in [0.1, 0.15) is 5.75 Å². The Morgan fingerprint density at radius 2 is 1.86 bits per heavy atom. The first-order chi connectivity index (χ1) is 10.6. The largest absolute Gasteiger partial charge is 0.508 e. The summed E-state index contributed by atoms with van der Waals surface area (Å²) in [4.78, 5) is 15.0. The number of nitro groups is 1. The highest BCUT2D eigenvalue weighted by atomic mass is 16.6. The lowest BCUT2D eigenvalue weighted by atomic mass is 10.1. The molecule has 0 bridgehead atoms. The van der Waals surface area contributed by atoms with Gasteiger partial charge in [0.2, 0.25) is 0 Å². The lowest BCUT2D eigenvalue weighted by molar-refractivity contribution is -0.383. The number of nitrogens with zero attached hydrogens (tertiary/aromatic N) is 2. The molecule has 0 aliphatic rings. The molecule has 2 aromatic carbocycles. The van der Waals surface area contributed by atoms with E-state index in [2.05, 4.69) is 4.98 Å². The fraction of sp³-hybridized carbons (Fsp3) is 0. The standard InChI is InChI=1S/C17H12N2O3/c20-14-4-1-3-12(11-14)7-8-13-9-10-15-16(18-13)5-2-6-17(15)19(21)22/h1-11,20H/b8-7+. The highest BCUT2D eigenvalue weighted by Crippen LogP contribution is 2.24. The van der Waals surface area contributed by atoms with Crippen LogP contribution in [-0.2, 0) is 0 Å². The van der Waals surface area contributed by atoms with E-state index in [1.54, 1.807) is 48.5 Å². The number of aromatic hydroxyl groups is 1. The Morgan fingerprint density at radius 1 is 1.05 bits per heavy atom. The molecule has 0 aliphatic carbocycles. The quantitative estimate of drug-likeness (QED) is 0.584. The fourth-order valence-electron chi connectivity index (χ4n) is 2.22. The molecule has 1 aromatic heterocycles. The summed E-state index contributed by atoms with van der Waals surface area (Å²) in [5.74, 6) is 0.198. The van der Waals surface area contributed by atoms with Gasteiger partial charge in [0.25, 0.3) is 5.69 Å². The number of nitro benzene ring substituents is 1. The number of pyridine rings is 1. The second-order valence-corrected chi connectivity index (χ2v) is 4.77. The minimum absolute atomic E-state index is 0.0495. The van der Waals surface area contributed by atoms with E-state index < -0.39 is 4.92 Å². The van der Waals surface area contributed by atoms with Crippen LogP contribution in [0.1, 0.15) is 11.3 Å². The van der Waals surface area contributed by atoms with E-state index >= 15 is 0 Å². The Balaban J connectivity index is 1.97. The van der Waals surface area contributed by atoms with Crippen molar-refractivity contribution < 1.29 is 10.0 Å². The number of aromatic nitrogens is 1. The van der Waals surface area contributed by atoms with Crippen molar-refractivity contribution in [3.8, 4) is 5.75 Å². The van der Waals surface area contributed by atoms with E-state index in [0.717, 1.165) is 5.56 Å². The van der Waals surface area contributed by atoms with Crippen molar-refractivity contribution in [1.29, 1.82) is 0 Å². The average molecular weight is 292 g/mol. The highest BCUT2D eigenvalue weighted by molar-refractivity contribution is 5.88. The van der Waals surface area contributed by atoms with Crippen molar-refractivity contribution in [1.82, 2.24) is 4.98 Å². The van der Waals surface area contributed by atoms with Gasteiger partial charge in [0, 0.05) is 6.07 Å². The molecule has 0 radical (unpaired) electrons. The zero-order valence-corrected chi connectivity index (χ0v) is 11.5. The summed E-state index contributed by atoms with van der Waals surface area (Å²) in [7, 11) is 0. The molecule has 0 saturated carbocycles. The predicted octanol–water partition coefficient (Wildman–Crippen LogP) is 4.02. The Morgan fingerprint density at radius 3 is 2.64 bits per heavy atom. The van der Waals surface area contributed by atoms with Gasteiger partial charge in [-0.1, -0.05) is 24.3 Å². The Labute approximate surface area is 126 Å². The van der Waals surface area contributed by atoms with Crippen LogP contribution in [0, 0.1) is 10.1 Å². The van der Waals surface area contributed by atoms with Crippen LogP contribution in [0.4, 0.5) is 5.69 Å². The Bertz CT molecular complexity index is 888. The second-order valence-electron chi connectivity index (χ2n) is 4.77. The normalized spacial score (nSPS) is 11.1. The number of hydrogen-bond donors (Lipinski definition) is 1. The first-order valence-electron chi connectivity index (χ1n) is 6.65. The van der Waals surface area contributed by atoms with Crippen LogP contribution >= 0.6 is 0 Å². The molecule has 0 aliphatic heterocycles. The maximum Gasteiger partial charge on any atom is 0.278 e. The molecule has 108 valence electrons. The van der Waals surface area contributed by atoms with Crippen molar-refractivity contribution in [2.75, 3.05) is 0 Å². The van der Waals surface area contributed by atoms with Gasteiger partial charge in [-0.05, 0) is 42.0 Å². The van der Waals surface area contributed by atoms with E-state index in [4.69, 9.17) is 0 Å². The molecule has 0 amide bonds. The molecular formula is C17H12N2O3. The first kappa shape index (κ1) is 13.8. The molecule has 0 fully saturated rings. The summed E-state index contributed by atoms with van der Waals surface area (Å²) < 4.78 is 0. The highest BCUT2D eigenvalue weighted by Gasteiger charge is 2.11. The molecule has 0 atom stereocenters. The number of hydrogen-bond acceptors (Lipinski definition) is 4. The molecule has 1 N–H and O–H groups in total. The summed E-state index contributed by atoms with van der Waals surface area (Å²) in [6, 6.07) is 15.1. The van der Waals surface area contributed by atoms with Crippen LogP contribution in [-0.4, -0.2) is 15.0 Å². The number of benzene rings is 2. The Hall–Kier alpha value is -3.21.